The average molecular weight is 468 g/mol. The zero-order valence-electron chi connectivity index (χ0n) is 18.4. The second-order valence-electron chi connectivity index (χ2n) is 7.89. The molecular formula is C24H25N3O5S. The van der Waals surface area contributed by atoms with Crippen molar-refractivity contribution in [3.63, 3.8) is 0 Å². The van der Waals surface area contributed by atoms with Crippen molar-refractivity contribution in [3.05, 3.63) is 77.2 Å². The minimum Gasteiger partial charge on any atom is -0.455 e. The summed E-state index contributed by atoms with van der Waals surface area (Å²) in [5.74, 6) is -0.837. The van der Waals surface area contributed by atoms with Gasteiger partial charge in [0.05, 0.1) is 0 Å². The Morgan fingerprint density at radius 1 is 0.909 bits per heavy atom. The van der Waals surface area contributed by atoms with Gasteiger partial charge in [0, 0.05) is 36.1 Å². The highest BCUT2D eigenvalue weighted by atomic mass is 32.2. The summed E-state index contributed by atoms with van der Waals surface area (Å²) in [7, 11) is -3.70. The van der Waals surface area contributed by atoms with E-state index in [4.69, 9.17) is 4.42 Å². The molecule has 2 aromatic carbocycles. The molecule has 4 rings (SSSR count). The van der Waals surface area contributed by atoms with E-state index in [9.17, 15) is 18.0 Å². The van der Waals surface area contributed by atoms with Crippen LogP contribution in [0.4, 0.5) is 11.4 Å². The fraction of sp³-hybridized carbons (Fsp3) is 0.250. The molecule has 1 saturated heterocycles. The number of anilines is 2. The van der Waals surface area contributed by atoms with Gasteiger partial charge in [-0.25, -0.2) is 8.42 Å². The van der Waals surface area contributed by atoms with Gasteiger partial charge in [-0.1, -0.05) is 24.3 Å². The molecule has 1 aliphatic rings. The van der Waals surface area contributed by atoms with Crippen molar-refractivity contribution in [2.75, 3.05) is 23.7 Å². The normalized spacial score (nSPS) is 14.2. The zero-order chi connectivity index (χ0) is 23.6. The number of rotatable bonds is 6. The van der Waals surface area contributed by atoms with Gasteiger partial charge in [0.1, 0.15) is 10.7 Å². The lowest BCUT2D eigenvalue weighted by atomic mass is 10.1. The third-order valence-electron chi connectivity index (χ3n) is 5.64. The molecule has 0 bridgehead atoms. The lowest BCUT2D eigenvalue weighted by molar-refractivity contribution is 0.0992. The predicted octanol–water partition coefficient (Wildman–Crippen LogP) is 4.19. The summed E-state index contributed by atoms with van der Waals surface area (Å²) in [6.45, 7) is 4.18. The number of benzene rings is 2. The number of para-hydroxylation sites is 1. The van der Waals surface area contributed by atoms with Gasteiger partial charge >= 0.3 is 0 Å². The Hall–Kier alpha value is -3.43. The molecule has 2 N–H and O–H groups in total. The summed E-state index contributed by atoms with van der Waals surface area (Å²) in [5.41, 5.74) is 2.07. The molecule has 9 heteroatoms. The van der Waals surface area contributed by atoms with Crippen LogP contribution in [0.3, 0.4) is 0 Å². The third kappa shape index (κ3) is 4.69. The molecule has 33 heavy (non-hydrogen) atoms. The Kier molecular flexibility index (Phi) is 6.35. The SMILES string of the molecule is Cc1oc(C(=O)Nc2cccc(C(=O)Nc3ccccc3)c2C)cc1S(=O)(=O)N1CCCC1. The number of nitrogens with zero attached hydrogens (tertiary/aromatic N) is 1. The third-order valence-corrected chi connectivity index (χ3v) is 7.64. The van der Waals surface area contributed by atoms with E-state index < -0.39 is 15.9 Å². The van der Waals surface area contributed by atoms with E-state index in [-0.39, 0.29) is 22.3 Å². The number of carbonyl (C=O) groups excluding carboxylic acids is 2. The van der Waals surface area contributed by atoms with Crippen molar-refractivity contribution < 1.29 is 22.4 Å². The highest BCUT2D eigenvalue weighted by Gasteiger charge is 2.31. The van der Waals surface area contributed by atoms with Crippen LogP contribution in [0.2, 0.25) is 0 Å². The minimum absolute atomic E-state index is 0.00209. The van der Waals surface area contributed by atoms with Crippen molar-refractivity contribution in [2.24, 2.45) is 0 Å². The number of hydrogen-bond donors (Lipinski definition) is 2. The molecule has 0 aliphatic carbocycles. The first-order valence-electron chi connectivity index (χ1n) is 10.7. The maximum atomic E-state index is 12.9. The second kappa shape index (κ2) is 9.21. The average Bonchev–Trinajstić information content (AvgIpc) is 3.46. The van der Waals surface area contributed by atoms with Crippen LogP contribution in [-0.2, 0) is 10.0 Å². The summed E-state index contributed by atoms with van der Waals surface area (Å²) in [6.07, 6.45) is 1.63. The Bertz CT molecular complexity index is 1290. The molecule has 3 aromatic rings. The van der Waals surface area contributed by atoms with Gasteiger partial charge in [0.2, 0.25) is 10.0 Å². The summed E-state index contributed by atoms with van der Waals surface area (Å²) in [6, 6.07) is 15.3. The van der Waals surface area contributed by atoms with E-state index in [0.717, 1.165) is 12.8 Å². The van der Waals surface area contributed by atoms with Crippen LogP contribution in [0.5, 0.6) is 0 Å². The summed E-state index contributed by atoms with van der Waals surface area (Å²) >= 11 is 0. The van der Waals surface area contributed by atoms with E-state index in [1.54, 1.807) is 37.3 Å². The van der Waals surface area contributed by atoms with Gasteiger partial charge in [0.25, 0.3) is 11.8 Å². The molecule has 0 saturated carbocycles. The van der Waals surface area contributed by atoms with Gasteiger partial charge in [-0.2, -0.15) is 4.31 Å². The van der Waals surface area contributed by atoms with Crippen molar-refractivity contribution in [2.45, 2.75) is 31.6 Å². The Labute approximate surface area is 192 Å². The van der Waals surface area contributed by atoms with Crippen LogP contribution in [0.1, 0.15) is 45.1 Å². The number of amides is 2. The van der Waals surface area contributed by atoms with Crippen molar-refractivity contribution in [1.29, 1.82) is 0 Å². The lowest BCUT2D eigenvalue weighted by Gasteiger charge is -2.14. The first kappa shape index (κ1) is 22.8. The summed E-state index contributed by atoms with van der Waals surface area (Å²) in [4.78, 5) is 25.6. The summed E-state index contributed by atoms with van der Waals surface area (Å²) in [5, 5.41) is 5.55. The van der Waals surface area contributed by atoms with Crippen molar-refractivity contribution in [1.82, 2.24) is 4.31 Å². The van der Waals surface area contributed by atoms with Gasteiger partial charge < -0.3 is 15.1 Å². The fourth-order valence-corrected chi connectivity index (χ4v) is 5.50. The molecule has 0 unspecified atom stereocenters. The minimum atomic E-state index is -3.70. The number of nitrogens with one attached hydrogen (secondary N) is 2. The molecule has 1 aliphatic heterocycles. The topological polar surface area (TPSA) is 109 Å². The van der Waals surface area contributed by atoms with Gasteiger partial charge in [-0.3, -0.25) is 9.59 Å². The number of carbonyl (C=O) groups is 2. The van der Waals surface area contributed by atoms with Crippen LogP contribution in [0, 0.1) is 13.8 Å². The molecule has 8 nitrogen and oxygen atoms in total. The monoisotopic (exact) mass is 467 g/mol. The van der Waals surface area contributed by atoms with E-state index in [1.807, 2.05) is 18.2 Å². The number of furan rings is 1. The van der Waals surface area contributed by atoms with E-state index in [2.05, 4.69) is 10.6 Å². The van der Waals surface area contributed by atoms with Gasteiger partial charge in [-0.15, -0.1) is 0 Å². The molecule has 1 fully saturated rings. The highest BCUT2D eigenvalue weighted by molar-refractivity contribution is 7.89. The lowest BCUT2D eigenvalue weighted by Crippen LogP contribution is -2.28. The first-order chi connectivity index (χ1) is 15.8. The smallest absolute Gasteiger partial charge is 0.291 e. The van der Waals surface area contributed by atoms with E-state index >= 15 is 0 Å². The molecule has 0 atom stereocenters. The second-order valence-corrected chi connectivity index (χ2v) is 9.80. The van der Waals surface area contributed by atoms with Gasteiger partial charge in [-0.05, 0) is 56.5 Å². The molecule has 2 amide bonds. The van der Waals surface area contributed by atoms with E-state index in [0.29, 0.717) is 35.6 Å². The highest BCUT2D eigenvalue weighted by Crippen LogP contribution is 2.27. The Balaban J connectivity index is 1.53. The quantitative estimate of drug-likeness (QED) is 0.565. The zero-order valence-corrected chi connectivity index (χ0v) is 19.2. The Morgan fingerprint density at radius 2 is 1.61 bits per heavy atom. The summed E-state index contributed by atoms with van der Waals surface area (Å²) < 4.78 is 32.6. The number of hydrogen-bond acceptors (Lipinski definition) is 5. The Morgan fingerprint density at radius 3 is 2.30 bits per heavy atom. The molecule has 172 valence electrons. The predicted molar refractivity (Wildman–Crippen MR) is 125 cm³/mol. The number of sulfonamides is 1. The molecule has 0 radical (unpaired) electrons. The van der Waals surface area contributed by atoms with Gasteiger partial charge in [0.15, 0.2) is 5.76 Å². The maximum absolute atomic E-state index is 12.9. The molecular weight excluding hydrogens is 442 g/mol. The first-order valence-corrected chi connectivity index (χ1v) is 12.1. The van der Waals surface area contributed by atoms with E-state index in [1.165, 1.54) is 17.3 Å². The largest absolute Gasteiger partial charge is 0.455 e. The van der Waals surface area contributed by atoms with Crippen LogP contribution in [-0.4, -0.2) is 37.6 Å². The van der Waals surface area contributed by atoms with Crippen molar-refractivity contribution >= 4 is 33.2 Å². The maximum Gasteiger partial charge on any atom is 0.291 e. The number of aryl methyl sites for hydroxylation is 1. The standard InChI is InChI=1S/C24H25N3O5S/c1-16-19(23(28)25-18-9-4-3-5-10-18)11-8-12-20(16)26-24(29)21-15-22(17(2)32-21)33(30,31)27-13-6-7-14-27/h3-5,8-12,15H,6-7,13-14H2,1-2H3,(H,25,28)(H,26,29). The van der Waals surface area contributed by atoms with Crippen molar-refractivity contribution in [3.8, 4) is 0 Å². The molecule has 1 aromatic heterocycles. The van der Waals surface area contributed by atoms with Crippen LogP contribution in [0.15, 0.2) is 63.9 Å². The molecule has 2 heterocycles. The molecule has 0 spiro atoms. The van der Waals surface area contributed by atoms with Crippen LogP contribution >= 0.6 is 0 Å². The van der Waals surface area contributed by atoms with Crippen LogP contribution < -0.4 is 10.6 Å². The van der Waals surface area contributed by atoms with Crippen LogP contribution in [0.25, 0.3) is 0 Å². The fourth-order valence-electron chi connectivity index (χ4n) is 3.82.